The number of hydrogen-bond acceptors (Lipinski definition) is 6. The molecule has 0 aliphatic carbocycles. The molecule has 0 radical (unpaired) electrons. The van der Waals surface area contributed by atoms with Crippen LogP contribution in [0.3, 0.4) is 0 Å². The molecule has 6 nitrogen and oxygen atoms in total. The minimum absolute atomic E-state index is 0.0770. The van der Waals surface area contributed by atoms with Crippen LogP contribution >= 0.6 is 0 Å². The van der Waals surface area contributed by atoms with Crippen LogP contribution in [0.25, 0.3) is 0 Å². The van der Waals surface area contributed by atoms with Crippen molar-refractivity contribution in [3.63, 3.8) is 0 Å². The molecule has 2 aliphatic rings. The van der Waals surface area contributed by atoms with Gasteiger partial charge in [-0.1, -0.05) is 20.8 Å². The number of ether oxygens (including phenoxy) is 1. The van der Waals surface area contributed by atoms with Crippen molar-refractivity contribution in [3.8, 4) is 0 Å². The average Bonchev–Trinajstić information content (AvgIpc) is 2.95. The smallest absolute Gasteiger partial charge is 0.166 e. The number of carbonyl (C=O) groups is 2. The van der Waals surface area contributed by atoms with Crippen molar-refractivity contribution in [2.24, 2.45) is 5.41 Å². The van der Waals surface area contributed by atoms with E-state index in [0.717, 1.165) is 32.2 Å². The fourth-order valence-corrected chi connectivity index (χ4v) is 3.66. The van der Waals surface area contributed by atoms with Crippen LogP contribution in [0.2, 0.25) is 0 Å². The van der Waals surface area contributed by atoms with E-state index in [-0.39, 0.29) is 35.8 Å². The first-order chi connectivity index (χ1) is 11.7. The lowest BCUT2D eigenvalue weighted by Gasteiger charge is -2.35. The third kappa shape index (κ3) is 5.58. The van der Waals surface area contributed by atoms with E-state index in [1.807, 2.05) is 25.7 Å². The predicted octanol–water partition coefficient (Wildman–Crippen LogP) is 1.50. The highest BCUT2D eigenvalue weighted by molar-refractivity contribution is 5.88. The zero-order valence-electron chi connectivity index (χ0n) is 16.1. The first kappa shape index (κ1) is 20.5. The second-order valence-corrected chi connectivity index (χ2v) is 8.52. The van der Waals surface area contributed by atoms with E-state index in [2.05, 4.69) is 5.32 Å². The summed E-state index contributed by atoms with van der Waals surface area (Å²) in [5.74, 6) is 0.158. The molecule has 0 aromatic carbocycles. The van der Waals surface area contributed by atoms with E-state index in [0.29, 0.717) is 13.0 Å². The summed E-state index contributed by atoms with van der Waals surface area (Å²) < 4.78 is 5.98. The Bertz CT molecular complexity index is 473. The van der Waals surface area contributed by atoms with Gasteiger partial charge in [-0.05, 0) is 39.2 Å². The second-order valence-electron chi connectivity index (χ2n) is 8.52. The Labute approximate surface area is 151 Å². The number of carbonyl (C=O) groups excluding carboxylic acids is 2. The van der Waals surface area contributed by atoms with Crippen LogP contribution in [-0.2, 0) is 14.3 Å². The molecule has 0 aromatic heterocycles. The van der Waals surface area contributed by atoms with Gasteiger partial charge in [0.2, 0.25) is 0 Å². The zero-order chi connectivity index (χ0) is 18.6. The van der Waals surface area contributed by atoms with Gasteiger partial charge < -0.3 is 9.84 Å². The first-order valence-corrected chi connectivity index (χ1v) is 9.55. The maximum Gasteiger partial charge on any atom is 0.166 e. The van der Waals surface area contributed by atoms with Crippen LogP contribution in [0.15, 0.2) is 0 Å². The molecule has 4 atom stereocenters. The topological polar surface area (TPSA) is 78.9 Å². The molecule has 2 rings (SSSR count). The highest BCUT2D eigenvalue weighted by Crippen LogP contribution is 2.24. The van der Waals surface area contributed by atoms with Gasteiger partial charge in [0.05, 0.1) is 24.7 Å². The molecule has 0 bridgehead atoms. The highest BCUT2D eigenvalue weighted by atomic mass is 16.5. The van der Waals surface area contributed by atoms with Crippen molar-refractivity contribution in [2.75, 3.05) is 19.7 Å². The van der Waals surface area contributed by atoms with Gasteiger partial charge >= 0.3 is 0 Å². The minimum atomic E-state index is -0.817. The second kappa shape index (κ2) is 8.71. The van der Waals surface area contributed by atoms with Crippen LogP contribution in [0.1, 0.15) is 59.8 Å². The SMILES string of the molecule is C[C@@H](O)[C@@H]1NC(C(C)(C)C)OCCCCC(=O)[C@@H]2CCCN2CC1=O. The summed E-state index contributed by atoms with van der Waals surface area (Å²) >= 11 is 0. The number of hydrogen-bond donors (Lipinski definition) is 2. The van der Waals surface area contributed by atoms with Crippen molar-refractivity contribution in [1.29, 1.82) is 0 Å². The maximum absolute atomic E-state index is 12.8. The van der Waals surface area contributed by atoms with Gasteiger partial charge in [-0.2, -0.15) is 0 Å². The Balaban J connectivity index is 2.20. The van der Waals surface area contributed by atoms with Crippen LogP contribution in [0.5, 0.6) is 0 Å². The lowest BCUT2D eigenvalue weighted by Crippen LogP contribution is -2.56. The summed E-state index contributed by atoms with van der Waals surface area (Å²) in [7, 11) is 0. The van der Waals surface area contributed by atoms with E-state index in [1.165, 1.54) is 0 Å². The molecule has 2 aliphatic heterocycles. The molecule has 25 heavy (non-hydrogen) atoms. The van der Waals surface area contributed by atoms with Gasteiger partial charge in [0.1, 0.15) is 12.0 Å². The van der Waals surface area contributed by atoms with Crippen LogP contribution in [-0.4, -0.2) is 65.7 Å². The van der Waals surface area contributed by atoms with Gasteiger partial charge in [0.25, 0.3) is 0 Å². The molecule has 144 valence electrons. The van der Waals surface area contributed by atoms with Gasteiger partial charge in [-0.3, -0.25) is 19.8 Å². The number of fused-ring (bicyclic) bond motifs is 1. The number of ketones is 2. The van der Waals surface area contributed by atoms with Crippen molar-refractivity contribution >= 4 is 11.6 Å². The van der Waals surface area contributed by atoms with Crippen molar-refractivity contribution in [2.45, 2.75) is 84.2 Å². The van der Waals surface area contributed by atoms with Crippen molar-refractivity contribution in [3.05, 3.63) is 0 Å². The quantitative estimate of drug-likeness (QED) is 0.743. The molecule has 6 heteroatoms. The fraction of sp³-hybridized carbons (Fsp3) is 0.895. The Kier molecular flexibility index (Phi) is 7.14. The number of nitrogens with zero attached hydrogens (tertiary/aromatic N) is 1. The third-order valence-corrected chi connectivity index (χ3v) is 5.14. The van der Waals surface area contributed by atoms with Crippen LogP contribution in [0.4, 0.5) is 0 Å². The molecular formula is C19H34N2O4. The molecule has 2 N–H and O–H groups in total. The molecule has 0 aromatic rings. The largest absolute Gasteiger partial charge is 0.391 e. The summed E-state index contributed by atoms with van der Waals surface area (Å²) in [5, 5.41) is 13.4. The molecule has 0 amide bonds. The average molecular weight is 354 g/mol. The number of nitrogens with one attached hydrogen (secondary N) is 1. The highest BCUT2D eigenvalue weighted by Gasteiger charge is 2.37. The minimum Gasteiger partial charge on any atom is -0.391 e. The van der Waals surface area contributed by atoms with Gasteiger partial charge in [-0.25, -0.2) is 0 Å². The third-order valence-electron chi connectivity index (χ3n) is 5.14. The monoisotopic (exact) mass is 354 g/mol. The molecular weight excluding hydrogens is 320 g/mol. The summed E-state index contributed by atoms with van der Waals surface area (Å²) in [4.78, 5) is 27.3. The number of aliphatic hydroxyl groups excluding tert-OH is 1. The first-order valence-electron chi connectivity index (χ1n) is 9.55. The van der Waals surface area contributed by atoms with E-state index in [9.17, 15) is 14.7 Å². The van der Waals surface area contributed by atoms with Crippen LogP contribution in [0, 0.1) is 5.41 Å². The van der Waals surface area contributed by atoms with Crippen molar-refractivity contribution in [1.82, 2.24) is 10.2 Å². The Morgan fingerprint density at radius 1 is 1.20 bits per heavy atom. The summed E-state index contributed by atoms with van der Waals surface area (Å²) in [5.41, 5.74) is -0.209. The van der Waals surface area contributed by atoms with E-state index in [1.54, 1.807) is 6.92 Å². The molecule has 0 saturated carbocycles. The number of rotatable bonds is 1. The van der Waals surface area contributed by atoms with E-state index < -0.39 is 12.1 Å². The molecule has 0 spiro atoms. The standard InChI is InChI=1S/C19H34N2O4/c1-13(22)17-16(24)12-21-10-7-8-14(21)15(23)9-5-6-11-25-18(20-17)19(2,3)4/h13-14,17-18,20,22H,5-12H2,1-4H3/t13-,14+,17+,18?/m1/s1. The van der Waals surface area contributed by atoms with E-state index in [4.69, 9.17) is 4.74 Å². The lowest BCUT2D eigenvalue weighted by molar-refractivity contribution is -0.129. The van der Waals surface area contributed by atoms with Gasteiger partial charge in [0.15, 0.2) is 5.78 Å². The molecule has 1 unspecified atom stereocenters. The molecule has 2 saturated heterocycles. The maximum atomic E-state index is 12.8. The summed E-state index contributed by atoms with van der Waals surface area (Å²) in [6.07, 6.45) is 2.81. The van der Waals surface area contributed by atoms with Gasteiger partial charge in [-0.15, -0.1) is 0 Å². The Morgan fingerprint density at radius 3 is 2.56 bits per heavy atom. The van der Waals surface area contributed by atoms with Crippen LogP contribution < -0.4 is 5.32 Å². The predicted molar refractivity (Wildman–Crippen MR) is 96.3 cm³/mol. The fourth-order valence-electron chi connectivity index (χ4n) is 3.66. The normalized spacial score (nSPS) is 32.4. The van der Waals surface area contributed by atoms with Crippen molar-refractivity contribution < 1.29 is 19.4 Å². The lowest BCUT2D eigenvalue weighted by atomic mass is 9.92. The Hall–Kier alpha value is -0.820. The summed E-state index contributed by atoms with van der Waals surface area (Å²) in [6.45, 7) is 9.28. The number of Topliss-reactive ketones (excluding diaryl/α,β-unsaturated/α-hetero) is 2. The molecule has 2 heterocycles. The van der Waals surface area contributed by atoms with E-state index >= 15 is 0 Å². The Morgan fingerprint density at radius 2 is 1.92 bits per heavy atom. The molecule has 2 fully saturated rings. The number of aliphatic hydroxyl groups is 1. The summed E-state index contributed by atoms with van der Waals surface area (Å²) in [6, 6.07) is -0.833. The van der Waals surface area contributed by atoms with Gasteiger partial charge in [0, 0.05) is 18.4 Å². The zero-order valence-corrected chi connectivity index (χ0v) is 16.1.